The number of nitrogens with one attached hydrogen (secondary N) is 1. The number of imide groups is 1. The number of amides is 4. The first kappa shape index (κ1) is 20.4. The van der Waals surface area contributed by atoms with E-state index in [-0.39, 0.29) is 16.4 Å². The monoisotopic (exact) mass is 485 g/mol. The average molecular weight is 486 g/mol. The van der Waals surface area contributed by atoms with E-state index >= 15 is 0 Å². The predicted molar refractivity (Wildman–Crippen MR) is 119 cm³/mol. The molecule has 2 aliphatic heterocycles. The van der Waals surface area contributed by atoms with Crippen LogP contribution in [-0.4, -0.2) is 41.5 Å². The third-order valence-corrected chi connectivity index (χ3v) is 6.38. The van der Waals surface area contributed by atoms with E-state index in [9.17, 15) is 19.2 Å². The Morgan fingerprint density at radius 1 is 1.10 bits per heavy atom. The van der Waals surface area contributed by atoms with Gasteiger partial charge < -0.3 is 10.2 Å². The first-order valence-corrected chi connectivity index (χ1v) is 10.6. The smallest absolute Gasteiger partial charge is 0.294 e. The Morgan fingerprint density at radius 2 is 1.83 bits per heavy atom. The van der Waals surface area contributed by atoms with E-state index < -0.39 is 23.6 Å². The molecule has 0 aliphatic carbocycles. The maximum Gasteiger partial charge on any atom is 0.294 e. The molecule has 0 aromatic heterocycles. The number of rotatable bonds is 3. The molecule has 4 amide bonds. The predicted octanol–water partition coefficient (Wildman–Crippen LogP) is 3.78. The van der Waals surface area contributed by atoms with Crippen LogP contribution in [0.2, 0.25) is 0 Å². The topological polar surface area (TPSA) is 86.8 Å². The van der Waals surface area contributed by atoms with Crippen molar-refractivity contribution in [1.29, 1.82) is 0 Å². The summed E-state index contributed by atoms with van der Waals surface area (Å²) in [4.78, 5) is 53.0. The van der Waals surface area contributed by atoms with Crippen LogP contribution in [0.5, 0.6) is 0 Å². The Balaban J connectivity index is 1.62. The molecular weight excluding hydrogens is 470 g/mol. The molecule has 2 aromatic carbocycles. The number of hydrogen-bond acceptors (Lipinski definition) is 5. The number of thioether (sulfide) groups is 1. The summed E-state index contributed by atoms with van der Waals surface area (Å²) in [5.41, 5.74) is 2.89. The molecule has 152 valence electrons. The molecule has 0 unspecified atom stereocenters. The molecule has 0 bridgehead atoms. The Bertz CT molecular complexity index is 1160. The van der Waals surface area contributed by atoms with Crippen molar-refractivity contribution in [3.8, 4) is 0 Å². The van der Waals surface area contributed by atoms with Crippen LogP contribution >= 0.6 is 27.7 Å². The van der Waals surface area contributed by atoms with Crippen molar-refractivity contribution < 1.29 is 19.2 Å². The number of halogens is 1. The average Bonchev–Trinajstić information content (AvgIpc) is 3.11. The number of likely N-dealkylation sites (N-methyl/N-ethyl adjacent to an activating group) is 1. The van der Waals surface area contributed by atoms with Crippen LogP contribution in [-0.2, 0) is 14.4 Å². The highest BCUT2D eigenvalue weighted by Crippen LogP contribution is 2.44. The first-order chi connectivity index (χ1) is 14.3. The SMILES string of the molecule is Cc1ccccc1NC(=O)CN1C(=O)S/C(=C2/C(=O)N(C)c3ccc(Br)cc32)C1=O. The lowest BCUT2D eigenvalue weighted by molar-refractivity contribution is -0.127. The maximum atomic E-state index is 13.0. The third kappa shape index (κ3) is 3.44. The van der Waals surface area contributed by atoms with E-state index in [2.05, 4.69) is 21.2 Å². The summed E-state index contributed by atoms with van der Waals surface area (Å²) < 4.78 is 0.749. The van der Waals surface area contributed by atoms with Crippen molar-refractivity contribution in [1.82, 2.24) is 4.90 Å². The summed E-state index contributed by atoms with van der Waals surface area (Å²) >= 11 is 4.06. The van der Waals surface area contributed by atoms with Crippen molar-refractivity contribution in [2.24, 2.45) is 0 Å². The van der Waals surface area contributed by atoms with E-state index in [1.165, 1.54) is 4.90 Å². The Kier molecular flexibility index (Phi) is 5.25. The molecule has 9 heteroatoms. The van der Waals surface area contributed by atoms with Gasteiger partial charge in [-0.15, -0.1) is 0 Å². The van der Waals surface area contributed by atoms with E-state index in [1.807, 2.05) is 19.1 Å². The van der Waals surface area contributed by atoms with Gasteiger partial charge in [0.15, 0.2) is 0 Å². The number of carbonyl (C=O) groups excluding carboxylic acids is 4. The molecule has 4 rings (SSSR count). The minimum absolute atomic E-state index is 0.0393. The summed E-state index contributed by atoms with van der Waals surface area (Å²) in [6.07, 6.45) is 0. The first-order valence-electron chi connectivity index (χ1n) is 8.99. The van der Waals surface area contributed by atoms with Gasteiger partial charge >= 0.3 is 0 Å². The Hall–Kier alpha value is -2.91. The van der Waals surface area contributed by atoms with Gasteiger partial charge in [0.1, 0.15) is 6.54 Å². The molecular formula is C21H16BrN3O4S. The Morgan fingerprint density at radius 3 is 2.57 bits per heavy atom. The van der Waals surface area contributed by atoms with Crippen molar-refractivity contribution in [3.05, 3.63) is 63.0 Å². The highest BCUT2D eigenvalue weighted by atomic mass is 79.9. The number of hydrogen-bond donors (Lipinski definition) is 1. The highest BCUT2D eigenvalue weighted by molar-refractivity contribution is 9.10. The van der Waals surface area contributed by atoms with Gasteiger partial charge in [-0.25, -0.2) is 0 Å². The van der Waals surface area contributed by atoms with E-state index in [4.69, 9.17) is 0 Å². The summed E-state index contributed by atoms with van der Waals surface area (Å²) in [6, 6.07) is 12.5. The molecule has 30 heavy (non-hydrogen) atoms. The quantitative estimate of drug-likeness (QED) is 0.668. The highest BCUT2D eigenvalue weighted by Gasteiger charge is 2.43. The molecule has 7 nitrogen and oxygen atoms in total. The number of carbonyl (C=O) groups is 4. The van der Waals surface area contributed by atoms with Crippen molar-refractivity contribution >= 4 is 67.6 Å². The van der Waals surface area contributed by atoms with Crippen LogP contribution in [0.25, 0.3) is 5.57 Å². The summed E-state index contributed by atoms with van der Waals surface area (Å²) in [6.45, 7) is 1.42. The van der Waals surface area contributed by atoms with Crippen LogP contribution in [0, 0.1) is 6.92 Å². The number of anilines is 2. The van der Waals surface area contributed by atoms with Crippen LogP contribution in [0.15, 0.2) is 51.8 Å². The molecule has 1 fully saturated rings. The zero-order chi connectivity index (χ0) is 21.6. The van der Waals surface area contributed by atoms with Gasteiger partial charge in [-0.2, -0.15) is 0 Å². The zero-order valence-corrected chi connectivity index (χ0v) is 18.5. The van der Waals surface area contributed by atoms with E-state index in [1.54, 1.807) is 37.4 Å². The van der Waals surface area contributed by atoms with E-state index in [0.717, 1.165) is 14.9 Å². The number of benzene rings is 2. The summed E-state index contributed by atoms with van der Waals surface area (Å²) in [7, 11) is 1.61. The fourth-order valence-electron chi connectivity index (χ4n) is 3.35. The second-order valence-corrected chi connectivity index (χ2v) is 8.73. The Labute approximate surface area is 185 Å². The molecule has 0 atom stereocenters. The van der Waals surface area contributed by atoms with Gasteiger partial charge in [0.2, 0.25) is 5.91 Å². The maximum absolute atomic E-state index is 13.0. The molecule has 2 aromatic rings. The standard InChI is InChI=1S/C21H16BrN3O4S/c1-11-5-3-4-6-14(11)23-16(26)10-25-20(28)18(30-21(25)29)17-13-9-12(22)7-8-15(13)24(2)19(17)27/h3-9H,10H2,1-2H3,(H,23,26)/b18-17+. The van der Waals surface area contributed by atoms with Gasteiger partial charge in [0, 0.05) is 22.8 Å². The molecule has 0 saturated carbocycles. The van der Waals surface area contributed by atoms with Gasteiger partial charge in [0.05, 0.1) is 16.2 Å². The number of aryl methyl sites for hydroxylation is 1. The van der Waals surface area contributed by atoms with Crippen molar-refractivity contribution in [3.63, 3.8) is 0 Å². The number of nitrogens with zero attached hydrogens (tertiary/aromatic N) is 2. The van der Waals surface area contributed by atoms with Gasteiger partial charge in [-0.05, 0) is 48.5 Å². The van der Waals surface area contributed by atoms with Crippen LogP contribution in [0.4, 0.5) is 16.2 Å². The van der Waals surface area contributed by atoms with Crippen LogP contribution in [0.3, 0.4) is 0 Å². The van der Waals surface area contributed by atoms with Crippen molar-refractivity contribution in [2.75, 3.05) is 23.8 Å². The largest absolute Gasteiger partial charge is 0.324 e. The van der Waals surface area contributed by atoms with Gasteiger partial charge in [-0.1, -0.05) is 34.1 Å². The lowest BCUT2D eigenvalue weighted by Crippen LogP contribution is -2.36. The molecule has 2 aliphatic rings. The second-order valence-electron chi connectivity index (χ2n) is 6.85. The van der Waals surface area contributed by atoms with Crippen LogP contribution < -0.4 is 10.2 Å². The van der Waals surface area contributed by atoms with Crippen molar-refractivity contribution in [2.45, 2.75) is 6.92 Å². The minimum atomic E-state index is -0.644. The summed E-state index contributed by atoms with van der Waals surface area (Å²) in [5.74, 6) is -1.50. The fraction of sp³-hybridized carbons (Fsp3) is 0.143. The summed E-state index contributed by atoms with van der Waals surface area (Å²) in [5, 5.41) is 2.13. The number of para-hydroxylation sites is 1. The second kappa shape index (κ2) is 7.73. The number of fused-ring (bicyclic) bond motifs is 1. The molecule has 2 heterocycles. The molecule has 1 saturated heterocycles. The molecule has 1 N–H and O–H groups in total. The van der Waals surface area contributed by atoms with Gasteiger partial charge in [-0.3, -0.25) is 24.1 Å². The minimum Gasteiger partial charge on any atom is -0.324 e. The lowest BCUT2D eigenvalue weighted by Gasteiger charge is -2.13. The molecule has 0 spiro atoms. The van der Waals surface area contributed by atoms with Gasteiger partial charge in [0.25, 0.3) is 17.1 Å². The fourth-order valence-corrected chi connectivity index (χ4v) is 4.64. The normalized spacial score (nSPS) is 18.3. The van der Waals surface area contributed by atoms with E-state index in [0.29, 0.717) is 28.7 Å². The zero-order valence-electron chi connectivity index (χ0n) is 16.1. The third-order valence-electron chi connectivity index (χ3n) is 4.90. The lowest BCUT2D eigenvalue weighted by atomic mass is 10.1. The van der Waals surface area contributed by atoms with Crippen LogP contribution in [0.1, 0.15) is 11.1 Å². The molecule has 0 radical (unpaired) electrons.